The first kappa shape index (κ1) is 31.5. The van der Waals surface area contributed by atoms with Crippen molar-refractivity contribution in [2.45, 2.75) is 86.3 Å². The molecule has 1 unspecified atom stereocenters. The Labute approximate surface area is 249 Å². The van der Waals surface area contributed by atoms with Gasteiger partial charge in [-0.3, -0.25) is 9.69 Å². The van der Waals surface area contributed by atoms with Gasteiger partial charge in [-0.2, -0.15) is 0 Å². The number of hydrogen-bond acceptors (Lipinski definition) is 4. The third-order valence-electron chi connectivity index (χ3n) is 8.57. The second-order valence-electron chi connectivity index (χ2n) is 12.4. The van der Waals surface area contributed by atoms with Crippen LogP contribution in [0.5, 0.6) is 0 Å². The number of amides is 1. The number of aromatic amines is 1. The molecule has 0 aliphatic carbocycles. The number of aromatic nitrogens is 1. The lowest BCUT2D eigenvalue weighted by molar-refractivity contribution is -0.141. The van der Waals surface area contributed by atoms with Crippen LogP contribution in [-0.4, -0.2) is 52.4 Å². The fourth-order valence-electron chi connectivity index (χ4n) is 5.36. The van der Waals surface area contributed by atoms with E-state index in [-0.39, 0.29) is 23.2 Å². The third-order valence-corrected chi connectivity index (χ3v) is 8.57. The van der Waals surface area contributed by atoms with E-state index in [4.69, 9.17) is 4.74 Å². The van der Waals surface area contributed by atoms with Crippen molar-refractivity contribution in [3.05, 3.63) is 76.9 Å². The number of H-pyrrole nitrogens is 1. The number of benzene rings is 2. The lowest BCUT2D eigenvalue weighted by Gasteiger charge is -2.31. The van der Waals surface area contributed by atoms with Crippen LogP contribution in [0.25, 0.3) is 16.5 Å². The number of ether oxygens (including phenoxy) is 1. The van der Waals surface area contributed by atoms with Crippen LogP contribution in [0.3, 0.4) is 0 Å². The van der Waals surface area contributed by atoms with Crippen LogP contribution in [-0.2, 0) is 16.1 Å². The Hall–Kier alpha value is -3.45. The summed E-state index contributed by atoms with van der Waals surface area (Å²) in [4.78, 5) is 35.1. The van der Waals surface area contributed by atoms with Crippen LogP contribution < -0.4 is 0 Å². The Balaban J connectivity index is 1.79. The van der Waals surface area contributed by atoms with Crippen LogP contribution in [0.15, 0.2) is 48.7 Å². The van der Waals surface area contributed by atoms with Crippen LogP contribution in [0.1, 0.15) is 93.9 Å². The fraction of sp³-hybridized carbons (Fsp3) is 0.486. The standard InChI is InChI=1S/C35H46FN3O3/c1-7-24(3)42-34(41)29(32-25(4)28-14-10-11-15-31(28)37-32)22-39(23-35(5,6)8-2)33(40)26-16-17-30(36)27(20-26)21-38-18-12-9-13-19-38/h10-11,14-17,20,22,24,37H,7-9,12-13,18-19,21,23H2,1-6H3/b29-22+. The van der Waals surface area contributed by atoms with Gasteiger partial charge in [-0.25, -0.2) is 9.18 Å². The normalized spacial score (nSPS) is 15.5. The highest BCUT2D eigenvalue weighted by Gasteiger charge is 2.28. The molecular weight excluding hydrogens is 529 g/mol. The number of aryl methyl sites for hydroxylation is 1. The molecule has 1 aromatic heterocycles. The second kappa shape index (κ2) is 13.7. The summed E-state index contributed by atoms with van der Waals surface area (Å²) in [6.07, 6.45) is 6.26. The zero-order valence-electron chi connectivity index (χ0n) is 26.1. The molecule has 2 aromatic carbocycles. The molecule has 6 nitrogen and oxygen atoms in total. The molecule has 7 heteroatoms. The highest BCUT2D eigenvalue weighted by molar-refractivity contribution is 6.18. The van der Waals surface area contributed by atoms with Crippen LogP contribution in [0.2, 0.25) is 0 Å². The number of hydrogen-bond donors (Lipinski definition) is 1. The number of nitrogens with one attached hydrogen (secondary N) is 1. The van der Waals surface area contributed by atoms with E-state index in [0.29, 0.717) is 41.9 Å². The van der Waals surface area contributed by atoms with Crippen molar-refractivity contribution in [2.75, 3.05) is 19.6 Å². The number of halogens is 1. The Morgan fingerprint density at radius 3 is 2.50 bits per heavy atom. The molecule has 1 saturated heterocycles. The maximum absolute atomic E-state index is 14.9. The van der Waals surface area contributed by atoms with Crippen molar-refractivity contribution in [3.63, 3.8) is 0 Å². The van der Waals surface area contributed by atoms with Gasteiger partial charge in [0, 0.05) is 41.3 Å². The minimum Gasteiger partial charge on any atom is -0.459 e. The molecule has 2 heterocycles. The molecule has 226 valence electrons. The molecule has 1 aliphatic heterocycles. The van der Waals surface area contributed by atoms with E-state index in [9.17, 15) is 14.0 Å². The molecule has 1 aliphatic rings. The number of carbonyl (C=O) groups is 2. The van der Waals surface area contributed by atoms with Crippen LogP contribution in [0, 0.1) is 18.2 Å². The number of fused-ring (bicyclic) bond motifs is 1. The molecule has 1 N–H and O–H groups in total. The molecular formula is C35H46FN3O3. The largest absolute Gasteiger partial charge is 0.459 e. The van der Waals surface area contributed by atoms with Crippen molar-refractivity contribution in [2.24, 2.45) is 5.41 Å². The summed E-state index contributed by atoms with van der Waals surface area (Å²) in [7, 11) is 0. The van der Waals surface area contributed by atoms with Crippen molar-refractivity contribution >= 4 is 28.4 Å². The number of likely N-dealkylation sites (tertiary alicyclic amines) is 1. The van der Waals surface area contributed by atoms with Gasteiger partial charge >= 0.3 is 5.97 Å². The third kappa shape index (κ3) is 7.49. The number of nitrogens with zero attached hydrogens (tertiary/aromatic N) is 2. The maximum Gasteiger partial charge on any atom is 0.342 e. The Morgan fingerprint density at radius 1 is 1.12 bits per heavy atom. The summed E-state index contributed by atoms with van der Waals surface area (Å²) < 4.78 is 20.7. The average molecular weight is 576 g/mol. The van der Waals surface area contributed by atoms with Gasteiger partial charge in [0.05, 0.1) is 17.4 Å². The van der Waals surface area contributed by atoms with Crippen molar-refractivity contribution < 1.29 is 18.7 Å². The smallest absolute Gasteiger partial charge is 0.342 e. The van der Waals surface area contributed by atoms with E-state index in [0.717, 1.165) is 48.8 Å². The van der Waals surface area contributed by atoms with E-state index in [1.54, 1.807) is 23.2 Å². The molecule has 42 heavy (non-hydrogen) atoms. The number of esters is 1. The number of rotatable bonds is 11. The van der Waals surface area contributed by atoms with Gasteiger partial charge in [-0.05, 0) is 87.9 Å². The van der Waals surface area contributed by atoms with E-state index < -0.39 is 5.97 Å². The van der Waals surface area contributed by atoms with Gasteiger partial charge in [0.25, 0.3) is 5.91 Å². The molecule has 4 rings (SSSR count). The molecule has 1 atom stereocenters. The average Bonchev–Trinajstić information content (AvgIpc) is 3.32. The van der Waals surface area contributed by atoms with Crippen molar-refractivity contribution in [3.8, 4) is 0 Å². The predicted molar refractivity (Wildman–Crippen MR) is 167 cm³/mol. The monoisotopic (exact) mass is 575 g/mol. The van der Waals surface area contributed by atoms with Gasteiger partial charge < -0.3 is 14.6 Å². The first-order chi connectivity index (χ1) is 20.0. The van der Waals surface area contributed by atoms with E-state index in [1.807, 2.05) is 45.0 Å². The molecule has 1 amide bonds. The Kier molecular flexibility index (Phi) is 10.3. The first-order valence-electron chi connectivity index (χ1n) is 15.3. The number of piperidine rings is 1. The summed E-state index contributed by atoms with van der Waals surface area (Å²) in [5, 5.41) is 1.00. The zero-order valence-corrected chi connectivity index (χ0v) is 26.1. The van der Waals surface area contributed by atoms with Gasteiger partial charge in [0.1, 0.15) is 5.82 Å². The lowest BCUT2D eigenvalue weighted by atomic mass is 9.89. The zero-order chi connectivity index (χ0) is 30.4. The van der Waals surface area contributed by atoms with E-state index in [1.165, 1.54) is 12.5 Å². The predicted octanol–water partition coefficient (Wildman–Crippen LogP) is 7.86. The number of para-hydroxylation sites is 1. The molecule has 0 spiro atoms. The van der Waals surface area contributed by atoms with Gasteiger partial charge in [-0.1, -0.05) is 52.3 Å². The van der Waals surface area contributed by atoms with Crippen LogP contribution in [0.4, 0.5) is 4.39 Å². The van der Waals surface area contributed by atoms with Gasteiger partial charge in [-0.15, -0.1) is 0 Å². The first-order valence-corrected chi connectivity index (χ1v) is 15.3. The van der Waals surface area contributed by atoms with Crippen molar-refractivity contribution in [1.82, 2.24) is 14.8 Å². The molecule has 3 aromatic rings. The summed E-state index contributed by atoms with van der Waals surface area (Å²) in [6, 6.07) is 12.5. The molecule has 0 bridgehead atoms. The number of carbonyl (C=O) groups excluding carboxylic acids is 2. The summed E-state index contributed by atoms with van der Waals surface area (Å²) >= 11 is 0. The minimum atomic E-state index is -0.490. The highest BCUT2D eigenvalue weighted by Crippen LogP contribution is 2.30. The molecule has 0 saturated carbocycles. The highest BCUT2D eigenvalue weighted by atomic mass is 19.1. The van der Waals surface area contributed by atoms with E-state index in [2.05, 4.69) is 30.7 Å². The summed E-state index contributed by atoms with van der Waals surface area (Å²) in [5.41, 5.74) is 3.41. The molecule has 1 fully saturated rings. The quantitative estimate of drug-likeness (QED) is 0.187. The Morgan fingerprint density at radius 2 is 1.83 bits per heavy atom. The van der Waals surface area contributed by atoms with Crippen LogP contribution >= 0.6 is 0 Å². The maximum atomic E-state index is 14.9. The second-order valence-corrected chi connectivity index (χ2v) is 12.4. The summed E-state index contributed by atoms with van der Waals surface area (Å²) in [6.45, 7) is 14.8. The molecule has 0 radical (unpaired) electrons. The van der Waals surface area contributed by atoms with Gasteiger partial charge in [0.2, 0.25) is 0 Å². The van der Waals surface area contributed by atoms with Gasteiger partial charge in [0.15, 0.2) is 0 Å². The SMILES string of the molecule is CCC(C)OC(=O)/C(=C/N(CC(C)(C)CC)C(=O)c1ccc(F)c(CN2CCCCC2)c1)c1[nH]c2ccccc2c1C. The lowest BCUT2D eigenvalue weighted by Crippen LogP contribution is -2.36. The van der Waals surface area contributed by atoms with E-state index >= 15 is 0 Å². The fourth-order valence-corrected chi connectivity index (χ4v) is 5.36. The van der Waals surface area contributed by atoms with Crippen molar-refractivity contribution in [1.29, 1.82) is 0 Å². The topological polar surface area (TPSA) is 65.6 Å². The Bertz CT molecular complexity index is 1430. The summed E-state index contributed by atoms with van der Waals surface area (Å²) in [5.74, 6) is -1.07. The minimum absolute atomic E-state index is 0.232.